The Morgan fingerprint density at radius 3 is 2.36 bits per heavy atom. The highest BCUT2D eigenvalue weighted by atomic mass is 19.1. The van der Waals surface area contributed by atoms with Gasteiger partial charge >= 0.3 is 0 Å². The van der Waals surface area contributed by atoms with Gasteiger partial charge in [0.05, 0.1) is 11.2 Å². The van der Waals surface area contributed by atoms with E-state index >= 15 is 4.39 Å². The molecule has 2 heterocycles. The highest BCUT2D eigenvalue weighted by molar-refractivity contribution is 6.00. The van der Waals surface area contributed by atoms with E-state index in [1.807, 2.05) is 54.6 Å². The average Bonchev–Trinajstić information content (AvgIpc) is 3.05. The molecule has 2 nitrogen and oxygen atoms in total. The Morgan fingerprint density at radius 1 is 0.857 bits per heavy atom. The number of benzene rings is 3. The maximum absolute atomic E-state index is 16.0. The normalized spacial score (nSPS) is 14.5. The number of allylic oxidation sites excluding steroid dienone is 1. The first kappa shape index (κ1) is 16.9. The lowest BCUT2D eigenvalue weighted by atomic mass is 9.99. The molecule has 0 spiro atoms. The predicted octanol–water partition coefficient (Wildman–Crippen LogP) is 6.70. The van der Waals surface area contributed by atoms with E-state index in [2.05, 4.69) is 30.9 Å². The maximum atomic E-state index is 16.0. The van der Waals surface area contributed by atoms with Crippen LogP contribution in [0.5, 0.6) is 0 Å². The van der Waals surface area contributed by atoms with E-state index < -0.39 is 0 Å². The zero-order valence-corrected chi connectivity index (χ0v) is 16.0. The molecule has 0 atom stereocenters. The Labute approximate surface area is 163 Å². The molecule has 1 aliphatic rings. The molecule has 0 amide bonds. The molecule has 0 bridgehead atoms. The topological polar surface area (TPSA) is 16.1 Å². The number of para-hydroxylation sites is 1. The first-order valence-electron chi connectivity index (χ1n) is 9.65. The molecular formula is C25H21FN2. The van der Waals surface area contributed by atoms with Gasteiger partial charge in [-0.3, -0.25) is 0 Å². The van der Waals surface area contributed by atoms with Crippen LogP contribution in [-0.2, 0) is 0 Å². The fraction of sp³-hybridized carbons (Fsp3) is 0.160. The van der Waals surface area contributed by atoms with Gasteiger partial charge in [0.1, 0.15) is 5.69 Å². The van der Waals surface area contributed by atoms with Crippen molar-refractivity contribution in [2.75, 3.05) is 11.4 Å². The van der Waals surface area contributed by atoms with E-state index in [0.29, 0.717) is 11.4 Å². The van der Waals surface area contributed by atoms with Crippen LogP contribution in [0.2, 0.25) is 0 Å². The summed E-state index contributed by atoms with van der Waals surface area (Å²) in [6.07, 6.45) is 0.964. The van der Waals surface area contributed by atoms with Gasteiger partial charge in [0.2, 0.25) is 0 Å². The van der Waals surface area contributed by atoms with Crippen LogP contribution in [0.3, 0.4) is 0 Å². The smallest absolute Gasteiger partial charge is 0.173 e. The molecule has 28 heavy (non-hydrogen) atoms. The third kappa shape index (κ3) is 2.50. The van der Waals surface area contributed by atoms with Gasteiger partial charge < -0.3 is 4.90 Å². The molecule has 0 saturated heterocycles. The Balaban J connectivity index is 1.85. The van der Waals surface area contributed by atoms with Crippen molar-refractivity contribution >= 4 is 27.4 Å². The number of nitrogens with zero attached hydrogens (tertiary/aromatic N) is 2. The van der Waals surface area contributed by atoms with Gasteiger partial charge in [-0.05, 0) is 37.1 Å². The summed E-state index contributed by atoms with van der Waals surface area (Å²) >= 11 is 0. The molecule has 0 fully saturated rings. The number of halogens is 1. The highest BCUT2D eigenvalue weighted by Crippen LogP contribution is 2.40. The largest absolute Gasteiger partial charge is 0.342 e. The fourth-order valence-corrected chi connectivity index (χ4v) is 4.18. The van der Waals surface area contributed by atoms with Gasteiger partial charge in [0.15, 0.2) is 5.82 Å². The Bertz CT molecular complexity index is 1250. The van der Waals surface area contributed by atoms with Gasteiger partial charge in [0, 0.05) is 23.2 Å². The summed E-state index contributed by atoms with van der Waals surface area (Å²) in [7, 11) is 0. The summed E-state index contributed by atoms with van der Waals surface area (Å²) in [6.45, 7) is 5.01. The molecule has 3 aromatic carbocycles. The van der Waals surface area contributed by atoms with Crippen LogP contribution in [0, 0.1) is 5.82 Å². The van der Waals surface area contributed by atoms with Crippen molar-refractivity contribution in [2.24, 2.45) is 0 Å². The second-order valence-electron chi connectivity index (χ2n) is 7.43. The molecule has 0 saturated carbocycles. The summed E-state index contributed by atoms with van der Waals surface area (Å²) < 4.78 is 16.0. The predicted molar refractivity (Wildman–Crippen MR) is 115 cm³/mol. The number of rotatable bonds is 2. The van der Waals surface area contributed by atoms with Crippen molar-refractivity contribution in [2.45, 2.75) is 20.3 Å². The minimum Gasteiger partial charge on any atom is -0.342 e. The number of pyridine rings is 1. The molecule has 0 unspecified atom stereocenters. The zero-order valence-electron chi connectivity index (χ0n) is 16.0. The average molecular weight is 368 g/mol. The summed E-state index contributed by atoms with van der Waals surface area (Å²) in [5.41, 5.74) is 5.16. The van der Waals surface area contributed by atoms with Crippen LogP contribution in [0.4, 0.5) is 10.1 Å². The summed E-state index contributed by atoms with van der Waals surface area (Å²) in [5.74, 6) is -0.246. The molecule has 1 aromatic heterocycles. The number of hydrogen-bond acceptors (Lipinski definition) is 2. The van der Waals surface area contributed by atoms with Crippen molar-refractivity contribution in [1.82, 2.24) is 4.98 Å². The van der Waals surface area contributed by atoms with E-state index in [1.54, 1.807) is 0 Å². The van der Waals surface area contributed by atoms with Gasteiger partial charge in [-0.1, -0.05) is 66.2 Å². The number of aromatic nitrogens is 1. The lowest BCUT2D eigenvalue weighted by molar-refractivity contribution is 0.625. The molecular weight excluding hydrogens is 347 g/mol. The monoisotopic (exact) mass is 368 g/mol. The van der Waals surface area contributed by atoms with Crippen molar-refractivity contribution in [3.05, 3.63) is 83.8 Å². The molecule has 4 aromatic rings. The Morgan fingerprint density at radius 2 is 1.57 bits per heavy atom. The lowest BCUT2D eigenvalue weighted by Gasteiger charge is -2.24. The van der Waals surface area contributed by atoms with Gasteiger partial charge in [-0.15, -0.1) is 0 Å². The van der Waals surface area contributed by atoms with Crippen molar-refractivity contribution < 1.29 is 4.39 Å². The van der Waals surface area contributed by atoms with Crippen LogP contribution in [-0.4, -0.2) is 11.5 Å². The lowest BCUT2D eigenvalue weighted by Crippen LogP contribution is -2.19. The molecule has 0 aliphatic carbocycles. The Hall–Kier alpha value is -3.20. The van der Waals surface area contributed by atoms with E-state index in [9.17, 15) is 0 Å². The molecule has 3 heteroatoms. The van der Waals surface area contributed by atoms with Crippen LogP contribution < -0.4 is 4.90 Å². The molecule has 5 rings (SSSR count). The summed E-state index contributed by atoms with van der Waals surface area (Å²) in [6, 6.07) is 21.9. The van der Waals surface area contributed by atoms with E-state index in [1.165, 1.54) is 5.57 Å². The minimum absolute atomic E-state index is 0.246. The van der Waals surface area contributed by atoms with Crippen LogP contribution >= 0.6 is 0 Å². The molecule has 0 N–H and O–H groups in total. The zero-order chi connectivity index (χ0) is 19.3. The molecule has 1 aliphatic heterocycles. The molecule has 138 valence electrons. The van der Waals surface area contributed by atoms with E-state index in [4.69, 9.17) is 4.98 Å². The second-order valence-corrected chi connectivity index (χ2v) is 7.43. The minimum atomic E-state index is -0.246. The van der Waals surface area contributed by atoms with Gasteiger partial charge in [0.25, 0.3) is 0 Å². The van der Waals surface area contributed by atoms with Crippen LogP contribution in [0.25, 0.3) is 32.9 Å². The highest BCUT2D eigenvalue weighted by Gasteiger charge is 2.26. The van der Waals surface area contributed by atoms with Crippen LogP contribution in [0.1, 0.15) is 20.3 Å². The first-order chi connectivity index (χ1) is 13.6. The SMILES string of the molecule is CC1=C(C)N(c2c(F)c(-c3cccc4ccccc34)nc3ccccc23)CC1. The fourth-order valence-electron chi connectivity index (χ4n) is 4.18. The van der Waals surface area contributed by atoms with Crippen molar-refractivity contribution in [3.63, 3.8) is 0 Å². The summed E-state index contributed by atoms with van der Waals surface area (Å²) in [4.78, 5) is 6.87. The number of fused-ring (bicyclic) bond motifs is 2. The summed E-state index contributed by atoms with van der Waals surface area (Å²) in [5, 5.41) is 2.96. The Kier molecular flexibility index (Phi) is 3.90. The van der Waals surface area contributed by atoms with Crippen LogP contribution in [0.15, 0.2) is 78.0 Å². The number of hydrogen-bond donors (Lipinski definition) is 0. The van der Waals surface area contributed by atoms with E-state index in [-0.39, 0.29) is 5.82 Å². The third-order valence-corrected chi connectivity index (χ3v) is 5.85. The third-order valence-electron chi connectivity index (χ3n) is 5.85. The van der Waals surface area contributed by atoms with Gasteiger partial charge in [-0.25, -0.2) is 9.37 Å². The maximum Gasteiger partial charge on any atom is 0.173 e. The van der Waals surface area contributed by atoms with Crippen molar-refractivity contribution in [1.29, 1.82) is 0 Å². The van der Waals surface area contributed by atoms with Crippen molar-refractivity contribution in [3.8, 4) is 11.3 Å². The first-order valence-corrected chi connectivity index (χ1v) is 9.65. The van der Waals surface area contributed by atoms with Gasteiger partial charge in [-0.2, -0.15) is 0 Å². The second kappa shape index (κ2) is 6.45. The molecule has 0 radical (unpaired) electrons. The quantitative estimate of drug-likeness (QED) is 0.391. The number of anilines is 1. The standard InChI is InChI=1S/C25H21FN2/c1-16-14-15-28(17(16)2)25-21-11-5-6-13-22(21)27-24(23(25)26)20-12-7-9-18-8-3-4-10-19(18)20/h3-13H,14-15H2,1-2H3. The van der Waals surface area contributed by atoms with E-state index in [0.717, 1.165) is 45.9 Å².